The summed E-state index contributed by atoms with van der Waals surface area (Å²) in [6, 6.07) is 13.2. The summed E-state index contributed by atoms with van der Waals surface area (Å²) in [6.07, 6.45) is 3.66. The number of halogens is 2. The van der Waals surface area contributed by atoms with E-state index >= 15 is 0 Å². The number of rotatable bonds is 6. The molecule has 0 heterocycles. The summed E-state index contributed by atoms with van der Waals surface area (Å²) in [5, 5.41) is 1.21. The summed E-state index contributed by atoms with van der Waals surface area (Å²) in [5.74, 6) is -0.374. The van der Waals surface area contributed by atoms with E-state index in [-0.39, 0.29) is 12.0 Å². The third-order valence-electron chi connectivity index (χ3n) is 3.39. The molecule has 0 saturated heterocycles. The molecule has 2 aromatic carbocycles. The molecule has 0 fully saturated rings. The largest absolute Gasteiger partial charge is 0.463 e. The second-order valence-electron chi connectivity index (χ2n) is 5.33. The summed E-state index contributed by atoms with van der Waals surface area (Å²) in [4.78, 5) is 11.3. The van der Waals surface area contributed by atoms with Crippen LogP contribution in [-0.2, 0) is 16.0 Å². The average Bonchev–Trinajstić information content (AvgIpc) is 2.53. The fourth-order valence-corrected chi connectivity index (χ4v) is 2.81. The molecule has 0 bridgehead atoms. The number of nitrogens with two attached hydrogens (primary N) is 1. The molecule has 126 valence electrons. The van der Waals surface area contributed by atoms with Gasteiger partial charge < -0.3 is 10.5 Å². The minimum Gasteiger partial charge on any atom is -0.463 e. The molecule has 0 aromatic heterocycles. The summed E-state index contributed by atoms with van der Waals surface area (Å²) < 4.78 is 4.82. The van der Waals surface area contributed by atoms with Crippen molar-refractivity contribution in [3.8, 4) is 11.1 Å². The molecule has 0 radical (unpaired) electrons. The monoisotopic (exact) mass is 363 g/mol. The lowest BCUT2D eigenvalue weighted by atomic mass is 10.0. The second kappa shape index (κ2) is 8.88. The van der Waals surface area contributed by atoms with Gasteiger partial charge in [-0.2, -0.15) is 0 Å². The Bertz CT molecular complexity index is 706. The van der Waals surface area contributed by atoms with Gasteiger partial charge in [0.05, 0.1) is 6.61 Å². The molecule has 0 aliphatic carbocycles. The van der Waals surface area contributed by atoms with E-state index in [1.807, 2.05) is 36.4 Å². The highest BCUT2D eigenvalue weighted by Crippen LogP contribution is 2.27. The molecular weight excluding hydrogens is 345 g/mol. The molecule has 2 N–H and O–H groups in total. The van der Waals surface area contributed by atoms with Gasteiger partial charge in [0.25, 0.3) is 0 Å². The van der Waals surface area contributed by atoms with Crippen molar-refractivity contribution in [3.63, 3.8) is 0 Å². The van der Waals surface area contributed by atoms with Gasteiger partial charge in [-0.25, -0.2) is 4.79 Å². The first-order chi connectivity index (χ1) is 11.5. The molecule has 0 aliphatic heterocycles. The van der Waals surface area contributed by atoms with Crippen LogP contribution in [0.3, 0.4) is 0 Å². The first kappa shape index (κ1) is 18.5. The van der Waals surface area contributed by atoms with E-state index in [1.54, 1.807) is 19.1 Å². The van der Waals surface area contributed by atoms with E-state index in [4.69, 9.17) is 33.7 Å². The molecule has 2 rings (SSSR count). The maximum absolute atomic E-state index is 11.3. The smallest absolute Gasteiger partial charge is 0.330 e. The Balaban J connectivity index is 2.02. The lowest BCUT2D eigenvalue weighted by Gasteiger charge is -2.09. The average molecular weight is 364 g/mol. The van der Waals surface area contributed by atoms with Crippen molar-refractivity contribution in [2.24, 2.45) is 5.73 Å². The van der Waals surface area contributed by atoms with Crippen LogP contribution in [0.25, 0.3) is 11.1 Å². The number of carbonyl (C=O) groups excluding carboxylic acids is 1. The van der Waals surface area contributed by atoms with Gasteiger partial charge in [-0.15, -0.1) is 0 Å². The Morgan fingerprint density at radius 1 is 1.12 bits per heavy atom. The molecule has 5 heteroatoms. The Hall–Kier alpha value is -1.81. The zero-order chi connectivity index (χ0) is 17.5. The van der Waals surface area contributed by atoms with Crippen LogP contribution >= 0.6 is 23.2 Å². The van der Waals surface area contributed by atoms with E-state index in [9.17, 15) is 4.79 Å². The van der Waals surface area contributed by atoms with Crippen LogP contribution in [0.4, 0.5) is 0 Å². The van der Waals surface area contributed by atoms with Gasteiger partial charge >= 0.3 is 5.97 Å². The van der Waals surface area contributed by atoms with Gasteiger partial charge in [0.15, 0.2) is 0 Å². The van der Waals surface area contributed by atoms with Crippen molar-refractivity contribution in [3.05, 3.63) is 70.2 Å². The van der Waals surface area contributed by atoms with Crippen LogP contribution in [-0.4, -0.2) is 18.6 Å². The van der Waals surface area contributed by atoms with Crippen molar-refractivity contribution < 1.29 is 9.53 Å². The molecule has 0 spiro atoms. The first-order valence-corrected chi connectivity index (χ1v) is 8.39. The molecule has 1 unspecified atom stereocenters. The van der Waals surface area contributed by atoms with Crippen LogP contribution in [0.15, 0.2) is 54.6 Å². The predicted octanol–water partition coefficient (Wildman–Crippen LogP) is 4.65. The van der Waals surface area contributed by atoms with Crippen LogP contribution in [0.5, 0.6) is 0 Å². The van der Waals surface area contributed by atoms with Gasteiger partial charge in [0, 0.05) is 22.2 Å². The standard InChI is InChI=1S/C19H19Cl2NO2/c1-2-24-19(23)8-7-18(22)9-13-3-5-14(6-4-13)15-10-16(20)12-17(21)11-15/h3-8,10-12,18H,2,9,22H2,1H3. The number of carbonyl (C=O) groups is 1. The molecule has 1 atom stereocenters. The molecular formula is C19H19Cl2NO2. The van der Waals surface area contributed by atoms with Crippen molar-refractivity contribution in [1.82, 2.24) is 0 Å². The quantitative estimate of drug-likeness (QED) is 0.600. The number of hydrogen-bond donors (Lipinski definition) is 1. The SMILES string of the molecule is CCOC(=O)C=CC(N)Cc1ccc(-c2cc(Cl)cc(Cl)c2)cc1. The first-order valence-electron chi connectivity index (χ1n) is 7.64. The normalized spacial score (nSPS) is 12.3. The van der Waals surface area contributed by atoms with Gasteiger partial charge in [-0.1, -0.05) is 53.5 Å². The van der Waals surface area contributed by atoms with E-state index < -0.39 is 0 Å². The van der Waals surface area contributed by atoms with Gasteiger partial charge in [0.1, 0.15) is 0 Å². The van der Waals surface area contributed by atoms with Crippen molar-refractivity contribution in [2.45, 2.75) is 19.4 Å². The summed E-state index contributed by atoms with van der Waals surface area (Å²) in [7, 11) is 0. The number of esters is 1. The number of ether oxygens (including phenoxy) is 1. The Labute approximate surface area is 152 Å². The Morgan fingerprint density at radius 3 is 2.33 bits per heavy atom. The van der Waals surface area contributed by atoms with Crippen molar-refractivity contribution >= 4 is 29.2 Å². The molecule has 3 nitrogen and oxygen atoms in total. The van der Waals surface area contributed by atoms with E-state index in [0.717, 1.165) is 16.7 Å². The molecule has 0 aliphatic rings. The lowest BCUT2D eigenvalue weighted by Crippen LogP contribution is -2.20. The third-order valence-corrected chi connectivity index (χ3v) is 3.82. The van der Waals surface area contributed by atoms with E-state index in [0.29, 0.717) is 23.1 Å². The summed E-state index contributed by atoms with van der Waals surface area (Å²) in [5.41, 5.74) is 9.08. The predicted molar refractivity (Wildman–Crippen MR) is 99.4 cm³/mol. The third kappa shape index (κ3) is 5.68. The van der Waals surface area contributed by atoms with Crippen LogP contribution in [0.1, 0.15) is 12.5 Å². The molecule has 0 amide bonds. The van der Waals surface area contributed by atoms with Gasteiger partial charge in [-0.05, 0) is 48.2 Å². The van der Waals surface area contributed by atoms with Crippen molar-refractivity contribution in [1.29, 1.82) is 0 Å². The van der Waals surface area contributed by atoms with E-state index in [2.05, 4.69) is 0 Å². The van der Waals surface area contributed by atoms with Crippen LogP contribution in [0.2, 0.25) is 10.0 Å². The number of benzene rings is 2. The highest BCUT2D eigenvalue weighted by atomic mass is 35.5. The maximum atomic E-state index is 11.3. The zero-order valence-corrected chi connectivity index (χ0v) is 14.8. The summed E-state index contributed by atoms with van der Waals surface area (Å²) >= 11 is 12.1. The van der Waals surface area contributed by atoms with Crippen molar-refractivity contribution in [2.75, 3.05) is 6.61 Å². The summed E-state index contributed by atoms with van der Waals surface area (Å²) in [6.45, 7) is 2.12. The highest BCUT2D eigenvalue weighted by Gasteiger charge is 2.05. The topological polar surface area (TPSA) is 52.3 Å². The fourth-order valence-electron chi connectivity index (χ4n) is 2.29. The van der Waals surface area contributed by atoms with E-state index in [1.165, 1.54) is 6.08 Å². The Kier molecular flexibility index (Phi) is 6.85. The fraction of sp³-hybridized carbons (Fsp3) is 0.211. The minimum atomic E-state index is -0.374. The second-order valence-corrected chi connectivity index (χ2v) is 6.21. The highest BCUT2D eigenvalue weighted by molar-refractivity contribution is 6.35. The molecule has 24 heavy (non-hydrogen) atoms. The van der Waals surface area contributed by atoms with Crippen LogP contribution < -0.4 is 5.73 Å². The number of hydrogen-bond acceptors (Lipinski definition) is 3. The molecule has 0 saturated carbocycles. The van der Waals surface area contributed by atoms with Crippen LogP contribution in [0, 0.1) is 0 Å². The van der Waals surface area contributed by atoms with Gasteiger partial charge in [-0.3, -0.25) is 0 Å². The lowest BCUT2D eigenvalue weighted by molar-refractivity contribution is -0.137. The Morgan fingerprint density at radius 2 is 1.75 bits per heavy atom. The maximum Gasteiger partial charge on any atom is 0.330 e. The minimum absolute atomic E-state index is 0.249. The zero-order valence-electron chi connectivity index (χ0n) is 13.3. The molecule has 2 aromatic rings. The van der Waals surface area contributed by atoms with Gasteiger partial charge in [0.2, 0.25) is 0 Å².